The van der Waals surface area contributed by atoms with Gasteiger partial charge in [0.25, 0.3) is 5.56 Å². The predicted molar refractivity (Wildman–Crippen MR) is 81.5 cm³/mol. The van der Waals surface area contributed by atoms with Crippen molar-refractivity contribution in [2.24, 2.45) is 0 Å². The molecule has 2 aromatic heterocycles. The monoisotopic (exact) mass is 340 g/mol. The van der Waals surface area contributed by atoms with Crippen LogP contribution < -0.4 is 10.9 Å². The number of anilines is 1. The van der Waals surface area contributed by atoms with E-state index in [2.05, 4.69) is 10.3 Å². The van der Waals surface area contributed by atoms with Crippen LogP contribution >= 0.6 is 0 Å². The zero-order valence-corrected chi connectivity index (χ0v) is 12.9. The number of alkyl halides is 3. The van der Waals surface area contributed by atoms with E-state index < -0.39 is 29.0 Å². The summed E-state index contributed by atoms with van der Waals surface area (Å²) in [4.78, 5) is 31.0. The van der Waals surface area contributed by atoms with Gasteiger partial charge in [-0.15, -0.1) is 0 Å². The first-order valence-corrected chi connectivity index (χ1v) is 6.94. The van der Waals surface area contributed by atoms with E-state index in [4.69, 9.17) is 0 Å². The number of pyridine rings is 2. The molecule has 2 N–H and O–H groups in total. The molecule has 0 aliphatic rings. The fraction of sp³-hybridized carbons (Fsp3) is 0.267. The van der Waals surface area contributed by atoms with Gasteiger partial charge in [-0.05, 0) is 24.6 Å². The molecule has 1 atom stereocenters. The lowest BCUT2D eigenvalue weighted by molar-refractivity contribution is -0.137. The molecule has 9 heteroatoms. The molecule has 0 aromatic carbocycles. The van der Waals surface area contributed by atoms with Gasteiger partial charge in [0.15, 0.2) is 0 Å². The number of hydrogen-bond donors (Lipinski definition) is 2. The molecule has 2 heterocycles. The summed E-state index contributed by atoms with van der Waals surface area (Å²) in [6.45, 7) is 1.73. The Labute approximate surface area is 135 Å². The van der Waals surface area contributed by atoms with Crippen LogP contribution in [0.4, 0.5) is 23.7 Å². The van der Waals surface area contributed by atoms with Crippen molar-refractivity contribution >= 4 is 11.7 Å². The van der Waals surface area contributed by atoms with Crippen LogP contribution in [0.2, 0.25) is 0 Å². The molecular formula is C15H15F3N4O2. The summed E-state index contributed by atoms with van der Waals surface area (Å²) in [5.41, 5.74) is -1.60. The summed E-state index contributed by atoms with van der Waals surface area (Å²) in [6, 6.07) is 2.96. The fourth-order valence-corrected chi connectivity index (χ4v) is 1.97. The number of hydrogen-bond acceptors (Lipinski definition) is 3. The number of halogens is 3. The van der Waals surface area contributed by atoms with Crippen LogP contribution in [0, 0.1) is 0 Å². The third kappa shape index (κ3) is 3.92. The van der Waals surface area contributed by atoms with Crippen LogP contribution in [0.1, 0.15) is 24.1 Å². The Kier molecular flexibility index (Phi) is 4.91. The minimum atomic E-state index is -4.63. The maximum atomic E-state index is 12.7. The maximum absolute atomic E-state index is 12.7. The van der Waals surface area contributed by atoms with Crippen LogP contribution in [0.3, 0.4) is 0 Å². The Morgan fingerprint density at radius 3 is 2.71 bits per heavy atom. The first-order valence-electron chi connectivity index (χ1n) is 6.94. The molecule has 2 amide bonds. The van der Waals surface area contributed by atoms with Crippen molar-refractivity contribution < 1.29 is 18.0 Å². The molecule has 0 aliphatic heterocycles. The first kappa shape index (κ1) is 17.5. The maximum Gasteiger partial charge on any atom is 0.417 e. The van der Waals surface area contributed by atoms with Crippen LogP contribution in [-0.2, 0) is 6.18 Å². The highest BCUT2D eigenvalue weighted by molar-refractivity contribution is 5.89. The second-order valence-electron chi connectivity index (χ2n) is 5.13. The SMILES string of the molecule is C[C@H](c1cccnc1)N(C)C(=O)Nc1cc(C(F)(F)F)c[nH]c1=O. The molecule has 2 aromatic rings. The van der Waals surface area contributed by atoms with Crippen LogP contribution in [-0.4, -0.2) is 27.9 Å². The predicted octanol–water partition coefficient (Wildman–Crippen LogP) is 3.01. The zero-order valence-electron chi connectivity index (χ0n) is 12.9. The second kappa shape index (κ2) is 6.73. The number of amides is 2. The van der Waals surface area contributed by atoms with Crippen molar-refractivity contribution in [3.05, 3.63) is 58.3 Å². The molecule has 0 saturated heterocycles. The number of aromatic nitrogens is 2. The third-order valence-corrected chi connectivity index (χ3v) is 3.54. The van der Waals surface area contributed by atoms with E-state index >= 15 is 0 Å². The van der Waals surface area contributed by atoms with Gasteiger partial charge in [0, 0.05) is 25.6 Å². The van der Waals surface area contributed by atoms with Gasteiger partial charge in [-0.25, -0.2) is 4.79 Å². The van der Waals surface area contributed by atoms with Crippen molar-refractivity contribution in [2.45, 2.75) is 19.1 Å². The van der Waals surface area contributed by atoms with Gasteiger partial charge in [0.1, 0.15) is 5.69 Å². The normalized spacial score (nSPS) is 12.5. The Bertz CT molecular complexity index is 774. The van der Waals surface area contributed by atoms with Gasteiger partial charge in [-0.3, -0.25) is 9.78 Å². The zero-order chi connectivity index (χ0) is 17.9. The number of carbonyl (C=O) groups is 1. The molecule has 24 heavy (non-hydrogen) atoms. The van der Waals surface area contributed by atoms with Crippen LogP contribution in [0.25, 0.3) is 0 Å². The summed E-state index contributed by atoms with van der Waals surface area (Å²) in [6.07, 6.45) is -0.914. The minimum absolute atomic E-state index is 0.386. The van der Waals surface area contributed by atoms with Gasteiger partial charge in [0.2, 0.25) is 0 Å². The number of H-pyrrole nitrogens is 1. The van der Waals surface area contributed by atoms with E-state index in [0.717, 1.165) is 5.56 Å². The van der Waals surface area contributed by atoms with Crippen molar-refractivity contribution in [1.82, 2.24) is 14.9 Å². The van der Waals surface area contributed by atoms with Crippen LogP contribution in [0.15, 0.2) is 41.6 Å². The van der Waals surface area contributed by atoms with Crippen molar-refractivity contribution in [3.8, 4) is 0 Å². The number of carbonyl (C=O) groups excluding carboxylic acids is 1. The molecule has 128 valence electrons. The third-order valence-electron chi connectivity index (χ3n) is 3.54. The van der Waals surface area contributed by atoms with E-state index in [-0.39, 0.29) is 6.04 Å². The summed E-state index contributed by atoms with van der Waals surface area (Å²) >= 11 is 0. The van der Waals surface area contributed by atoms with E-state index in [0.29, 0.717) is 12.3 Å². The topological polar surface area (TPSA) is 78.1 Å². The average Bonchev–Trinajstić information content (AvgIpc) is 2.55. The molecule has 0 saturated carbocycles. The molecular weight excluding hydrogens is 325 g/mol. The molecule has 2 rings (SSSR count). The standard InChI is InChI=1S/C15H15F3N4O2/c1-9(10-4-3-5-19-7-10)22(2)14(24)21-12-6-11(15(16,17)18)8-20-13(12)23/h3-9H,1-2H3,(H,20,23)(H,21,24)/t9-/m1/s1. The van der Waals surface area contributed by atoms with Gasteiger partial charge in [0.05, 0.1) is 11.6 Å². The number of rotatable bonds is 3. The highest BCUT2D eigenvalue weighted by Gasteiger charge is 2.31. The Hall–Kier alpha value is -2.84. The second-order valence-corrected chi connectivity index (χ2v) is 5.13. The summed E-state index contributed by atoms with van der Waals surface area (Å²) in [7, 11) is 1.47. The molecule has 0 aliphatic carbocycles. The summed E-state index contributed by atoms with van der Waals surface area (Å²) in [5, 5.41) is 2.20. The largest absolute Gasteiger partial charge is 0.417 e. The minimum Gasteiger partial charge on any atom is -0.327 e. The molecule has 6 nitrogen and oxygen atoms in total. The highest BCUT2D eigenvalue weighted by Crippen LogP contribution is 2.29. The molecule has 0 radical (unpaired) electrons. The fourth-order valence-electron chi connectivity index (χ4n) is 1.97. The number of aromatic amines is 1. The molecule has 0 spiro atoms. The van der Waals surface area contributed by atoms with Crippen molar-refractivity contribution in [2.75, 3.05) is 12.4 Å². The summed E-state index contributed by atoms with van der Waals surface area (Å²) in [5.74, 6) is 0. The smallest absolute Gasteiger partial charge is 0.327 e. The molecule has 0 unspecified atom stereocenters. The van der Waals surface area contributed by atoms with E-state index in [1.54, 1.807) is 31.5 Å². The number of nitrogens with zero attached hydrogens (tertiary/aromatic N) is 2. The Morgan fingerprint density at radius 1 is 1.42 bits per heavy atom. The van der Waals surface area contributed by atoms with Gasteiger partial charge in [-0.1, -0.05) is 6.07 Å². The van der Waals surface area contributed by atoms with Gasteiger partial charge < -0.3 is 15.2 Å². The molecule has 0 bridgehead atoms. The molecule has 0 fully saturated rings. The lowest BCUT2D eigenvalue weighted by atomic mass is 10.1. The average molecular weight is 340 g/mol. The quantitative estimate of drug-likeness (QED) is 0.901. The number of nitrogens with one attached hydrogen (secondary N) is 2. The number of urea groups is 1. The first-order chi connectivity index (χ1) is 11.2. The van der Waals surface area contributed by atoms with E-state index in [1.807, 2.05) is 4.98 Å². The lowest BCUT2D eigenvalue weighted by Crippen LogP contribution is -2.35. The van der Waals surface area contributed by atoms with E-state index in [1.165, 1.54) is 11.9 Å². The van der Waals surface area contributed by atoms with E-state index in [9.17, 15) is 22.8 Å². The highest BCUT2D eigenvalue weighted by atomic mass is 19.4. The Balaban J connectivity index is 2.19. The summed E-state index contributed by atoms with van der Waals surface area (Å²) < 4.78 is 38.1. The van der Waals surface area contributed by atoms with Gasteiger partial charge in [-0.2, -0.15) is 13.2 Å². The lowest BCUT2D eigenvalue weighted by Gasteiger charge is -2.25. The Morgan fingerprint density at radius 2 is 2.12 bits per heavy atom. The van der Waals surface area contributed by atoms with Gasteiger partial charge >= 0.3 is 12.2 Å². The van der Waals surface area contributed by atoms with Crippen LogP contribution in [0.5, 0.6) is 0 Å². The van der Waals surface area contributed by atoms with Crippen molar-refractivity contribution in [3.63, 3.8) is 0 Å². The van der Waals surface area contributed by atoms with Crippen molar-refractivity contribution in [1.29, 1.82) is 0 Å².